The highest BCUT2D eigenvalue weighted by molar-refractivity contribution is 5.40. The molecule has 0 aromatic carbocycles. The zero-order chi connectivity index (χ0) is 14.5. The van der Waals surface area contributed by atoms with Crippen LogP contribution in [-0.4, -0.2) is 15.2 Å². The minimum Gasteiger partial charge on any atom is -0.435 e. The Labute approximate surface area is 119 Å². The van der Waals surface area contributed by atoms with E-state index >= 15 is 0 Å². The predicted octanol–water partition coefficient (Wildman–Crippen LogP) is 2.56. The Kier molecular flexibility index (Phi) is 4.63. The van der Waals surface area contributed by atoms with E-state index in [0.29, 0.717) is 18.2 Å². The molecule has 2 rings (SSSR count). The summed E-state index contributed by atoms with van der Waals surface area (Å²) in [7, 11) is 0. The van der Waals surface area contributed by atoms with Crippen LogP contribution in [0, 0.1) is 6.92 Å². The van der Waals surface area contributed by atoms with E-state index in [1.54, 1.807) is 6.20 Å². The van der Waals surface area contributed by atoms with Crippen molar-refractivity contribution in [1.29, 1.82) is 0 Å². The summed E-state index contributed by atoms with van der Waals surface area (Å²) in [4.78, 5) is 4.20. The molecule has 0 aliphatic rings. The lowest BCUT2D eigenvalue weighted by molar-refractivity contribution is 0.439. The quantitative estimate of drug-likeness (QED) is 0.905. The van der Waals surface area contributed by atoms with Gasteiger partial charge in [0.15, 0.2) is 5.75 Å². The van der Waals surface area contributed by atoms with Crippen molar-refractivity contribution in [2.45, 2.75) is 40.2 Å². The Morgan fingerprint density at radius 1 is 1.15 bits per heavy atom. The molecule has 0 atom stereocenters. The van der Waals surface area contributed by atoms with Gasteiger partial charge in [-0.25, -0.2) is 0 Å². The lowest BCUT2D eigenvalue weighted by Gasteiger charge is -2.14. The molecule has 2 heterocycles. The highest BCUT2D eigenvalue weighted by Crippen LogP contribution is 2.27. The Morgan fingerprint density at radius 3 is 2.55 bits per heavy atom. The zero-order valence-corrected chi connectivity index (χ0v) is 12.2. The molecule has 2 aromatic heterocycles. The average molecular weight is 272 g/mol. The summed E-state index contributed by atoms with van der Waals surface area (Å²) in [5.74, 6) is 1.17. The molecule has 0 unspecified atom stereocenters. The van der Waals surface area contributed by atoms with Crippen LogP contribution in [0.1, 0.15) is 36.4 Å². The number of rotatable bonds is 5. The predicted molar refractivity (Wildman–Crippen MR) is 77.7 cm³/mol. The molecule has 5 nitrogen and oxygen atoms in total. The summed E-state index contributed by atoms with van der Waals surface area (Å²) in [6.45, 7) is 6.44. The molecule has 0 aliphatic heterocycles. The minimum absolute atomic E-state index is 0.389. The maximum atomic E-state index is 5.88. The molecule has 0 fully saturated rings. The molecule has 0 saturated heterocycles. The van der Waals surface area contributed by atoms with Crippen molar-refractivity contribution in [2.24, 2.45) is 5.73 Å². The second-order valence-electron chi connectivity index (χ2n) is 4.51. The van der Waals surface area contributed by atoms with Gasteiger partial charge in [-0.3, -0.25) is 4.98 Å². The summed E-state index contributed by atoms with van der Waals surface area (Å²) in [5.41, 5.74) is 9.76. The Balaban J connectivity index is 2.44. The number of aromatic nitrogens is 3. The molecular formula is C15H20N4O. The SMILES string of the molecule is CCc1nnc(Oc2cccnc2C)c(CN)c1CC. The van der Waals surface area contributed by atoms with Crippen LogP contribution in [0.2, 0.25) is 0 Å². The van der Waals surface area contributed by atoms with Crippen LogP contribution >= 0.6 is 0 Å². The summed E-state index contributed by atoms with van der Waals surface area (Å²) < 4.78 is 5.86. The van der Waals surface area contributed by atoms with E-state index in [9.17, 15) is 0 Å². The number of hydrogen-bond acceptors (Lipinski definition) is 5. The van der Waals surface area contributed by atoms with Gasteiger partial charge in [-0.05, 0) is 37.5 Å². The fraction of sp³-hybridized carbons (Fsp3) is 0.400. The van der Waals surface area contributed by atoms with Gasteiger partial charge in [-0.15, -0.1) is 5.10 Å². The normalized spacial score (nSPS) is 10.6. The van der Waals surface area contributed by atoms with Gasteiger partial charge < -0.3 is 10.5 Å². The first-order chi connectivity index (χ1) is 9.71. The minimum atomic E-state index is 0.389. The number of nitrogens with two attached hydrogens (primary N) is 1. The van der Waals surface area contributed by atoms with Crippen LogP contribution < -0.4 is 10.5 Å². The third-order valence-electron chi connectivity index (χ3n) is 3.29. The van der Waals surface area contributed by atoms with E-state index in [-0.39, 0.29) is 0 Å². The van der Waals surface area contributed by atoms with Crippen molar-refractivity contribution in [1.82, 2.24) is 15.2 Å². The van der Waals surface area contributed by atoms with E-state index in [1.807, 2.05) is 19.1 Å². The lowest BCUT2D eigenvalue weighted by Crippen LogP contribution is -2.11. The Hall–Kier alpha value is -2.01. The van der Waals surface area contributed by atoms with E-state index < -0.39 is 0 Å². The lowest BCUT2D eigenvalue weighted by atomic mass is 10.0. The average Bonchev–Trinajstić information content (AvgIpc) is 2.48. The molecule has 0 bridgehead atoms. The topological polar surface area (TPSA) is 73.9 Å². The van der Waals surface area contributed by atoms with Gasteiger partial charge in [-0.2, -0.15) is 5.10 Å². The van der Waals surface area contributed by atoms with Crippen molar-refractivity contribution in [3.05, 3.63) is 40.8 Å². The maximum Gasteiger partial charge on any atom is 0.243 e. The van der Waals surface area contributed by atoms with Gasteiger partial charge in [0.2, 0.25) is 5.88 Å². The first-order valence-electron chi connectivity index (χ1n) is 6.88. The third-order valence-corrected chi connectivity index (χ3v) is 3.29. The second-order valence-corrected chi connectivity index (χ2v) is 4.51. The van der Waals surface area contributed by atoms with Gasteiger partial charge in [0.05, 0.1) is 11.4 Å². The van der Waals surface area contributed by atoms with Gasteiger partial charge >= 0.3 is 0 Å². The summed E-state index contributed by atoms with van der Waals surface area (Å²) in [6, 6.07) is 3.70. The number of nitrogens with zero attached hydrogens (tertiary/aromatic N) is 3. The molecule has 2 N–H and O–H groups in total. The van der Waals surface area contributed by atoms with Crippen molar-refractivity contribution in [3.8, 4) is 11.6 Å². The van der Waals surface area contributed by atoms with E-state index in [1.165, 1.54) is 0 Å². The molecule has 0 saturated carbocycles. The monoisotopic (exact) mass is 272 g/mol. The van der Waals surface area contributed by atoms with Crippen LogP contribution in [-0.2, 0) is 19.4 Å². The van der Waals surface area contributed by atoms with Gasteiger partial charge in [0.25, 0.3) is 0 Å². The van der Waals surface area contributed by atoms with Gasteiger partial charge in [-0.1, -0.05) is 13.8 Å². The third kappa shape index (κ3) is 2.77. The van der Waals surface area contributed by atoms with Gasteiger partial charge in [0, 0.05) is 18.3 Å². The van der Waals surface area contributed by atoms with Crippen molar-refractivity contribution in [3.63, 3.8) is 0 Å². The second kappa shape index (κ2) is 6.43. The molecule has 106 valence electrons. The standard InChI is InChI=1S/C15H20N4O/c1-4-11-12(9-16)15(19-18-13(11)5-2)20-14-7-6-8-17-10(14)3/h6-8H,4-5,9,16H2,1-3H3. The summed E-state index contributed by atoms with van der Waals surface area (Å²) in [5, 5.41) is 8.44. The Bertz CT molecular complexity index is 598. The molecule has 5 heteroatoms. The van der Waals surface area contributed by atoms with Crippen molar-refractivity contribution < 1.29 is 4.74 Å². The van der Waals surface area contributed by atoms with Crippen LogP contribution in [0.5, 0.6) is 11.6 Å². The van der Waals surface area contributed by atoms with E-state index in [4.69, 9.17) is 10.5 Å². The first kappa shape index (κ1) is 14.4. The molecule has 0 radical (unpaired) electrons. The fourth-order valence-corrected chi connectivity index (χ4v) is 2.21. The van der Waals surface area contributed by atoms with E-state index in [2.05, 4.69) is 29.0 Å². The number of pyridine rings is 1. The van der Waals surface area contributed by atoms with Crippen molar-refractivity contribution in [2.75, 3.05) is 0 Å². The Morgan fingerprint density at radius 2 is 1.95 bits per heavy atom. The molecular weight excluding hydrogens is 252 g/mol. The fourth-order valence-electron chi connectivity index (χ4n) is 2.21. The number of aryl methyl sites for hydroxylation is 2. The number of ether oxygens (including phenoxy) is 1. The highest BCUT2D eigenvalue weighted by atomic mass is 16.5. The van der Waals surface area contributed by atoms with Crippen LogP contribution in [0.25, 0.3) is 0 Å². The van der Waals surface area contributed by atoms with Crippen LogP contribution in [0.3, 0.4) is 0 Å². The zero-order valence-electron chi connectivity index (χ0n) is 12.2. The van der Waals surface area contributed by atoms with Gasteiger partial charge in [0.1, 0.15) is 0 Å². The van der Waals surface area contributed by atoms with Crippen LogP contribution in [0.15, 0.2) is 18.3 Å². The molecule has 0 aliphatic carbocycles. The first-order valence-corrected chi connectivity index (χ1v) is 6.88. The molecule has 0 spiro atoms. The number of hydrogen-bond donors (Lipinski definition) is 1. The smallest absolute Gasteiger partial charge is 0.243 e. The van der Waals surface area contributed by atoms with Crippen molar-refractivity contribution >= 4 is 0 Å². The van der Waals surface area contributed by atoms with Crippen LogP contribution in [0.4, 0.5) is 0 Å². The molecule has 0 amide bonds. The summed E-state index contributed by atoms with van der Waals surface area (Å²) in [6.07, 6.45) is 3.44. The molecule has 2 aromatic rings. The largest absolute Gasteiger partial charge is 0.435 e. The molecule has 20 heavy (non-hydrogen) atoms. The summed E-state index contributed by atoms with van der Waals surface area (Å²) >= 11 is 0. The van der Waals surface area contributed by atoms with E-state index in [0.717, 1.165) is 35.4 Å². The highest BCUT2D eigenvalue weighted by Gasteiger charge is 2.15. The maximum absolute atomic E-state index is 5.88.